The van der Waals surface area contributed by atoms with E-state index in [0.717, 1.165) is 24.1 Å². The maximum atomic E-state index is 12.6. The highest BCUT2D eigenvalue weighted by atomic mass is 32.1. The molecule has 1 saturated heterocycles. The summed E-state index contributed by atoms with van der Waals surface area (Å²) in [4.78, 5) is 28.0. The Hall–Kier alpha value is -1.36. The van der Waals surface area contributed by atoms with Gasteiger partial charge in [0.25, 0.3) is 5.91 Å². The van der Waals surface area contributed by atoms with Crippen LogP contribution in [0.3, 0.4) is 0 Å². The average molecular weight is 294 g/mol. The molecule has 1 N–H and O–H groups in total. The van der Waals surface area contributed by atoms with Gasteiger partial charge in [-0.05, 0) is 31.4 Å². The van der Waals surface area contributed by atoms with E-state index in [2.05, 4.69) is 19.2 Å². The van der Waals surface area contributed by atoms with E-state index in [0.29, 0.717) is 13.1 Å². The molecule has 0 saturated carbocycles. The molecule has 1 unspecified atom stereocenters. The third-order valence-electron chi connectivity index (χ3n) is 3.73. The van der Waals surface area contributed by atoms with Gasteiger partial charge in [-0.3, -0.25) is 9.59 Å². The lowest BCUT2D eigenvalue weighted by Crippen LogP contribution is -2.55. The predicted molar refractivity (Wildman–Crippen MR) is 81.2 cm³/mol. The third kappa shape index (κ3) is 2.87. The fraction of sp³-hybridized carbons (Fsp3) is 0.600. The molecule has 20 heavy (non-hydrogen) atoms. The Kier molecular flexibility index (Phi) is 4.81. The summed E-state index contributed by atoms with van der Waals surface area (Å²) in [6.07, 6.45) is 3.07. The number of hydrogen-bond donors (Lipinski definition) is 1. The lowest BCUT2D eigenvalue weighted by Gasteiger charge is -2.32. The molecule has 110 valence electrons. The zero-order chi connectivity index (χ0) is 14.7. The van der Waals surface area contributed by atoms with Gasteiger partial charge in [0.2, 0.25) is 5.91 Å². The molecule has 2 amide bonds. The smallest absolute Gasteiger partial charge is 0.264 e. The summed E-state index contributed by atoms with van der Waals surface area (Å²) in [5, 5.41) is 2.79. The number of piperazine rings is 1. The van der Waals surface area contributed by atoms with Crippen LogP contribution in [0.2, 0.25) is 0 Å². The second-order valence-corrected chi connectivity index (χ2v) is 6.26. The van der Waals surface area contributed by atoms with Crippen molar-refractivity contribution in [2.24, 2.45) is 0 Å². The van der Waals surface area contributed by atoms with Crippen LogP contribution in [0, 0.1) is 0 Å². The van der Waals surface area contributed by atoms with E-state index >= 15 is 0 Å². The minimum absolute atomic E-state index is 0.00518. The Bertz CT molecular complexity index is 510. The molecular weight excluding hydrogens is 272 g/mol. The minimum Gasteiger partial charge on any atom is -0.353 e. The summed E-state index contributed by atoms with van der Waals surface area (Å²) in [6, 6.07) is 1.63. The summed E-state index contributed by atoms with van der Waals surface area (Å²) >= 11 is 1.59. The summed E-state index contributed by atoms with van der Waals surface area (Å²) in [5.74, 6) is -0.0694. The van der Waals surface area contributed by atoms with Crippen LogP contribution in [0.25, 0.3) is 0 Å². The maximum absolute atomic E-state index is 12.6. The van der Waals surface area contributed by atoms with Crippen LogP contribution in [0.5, 0.6) is 0 Å². The number of nitrogens with one attached hydrogen (secondary N) is 1. The number of rotatable bonds is 4. The summed E-state index contributed by atoms with van der Waals surface area (Å²) < 4.78 is 0. The van der Waals surface area contributed by atoms with Gasteiger partial charge in [-0.1, -0.05) is 20.3 Å². The molecule has 4 nitrogen and oxygen atoms in total. The highest BCUT2D eigenvalue weighted by Crippen LogP contribution is 2.26. The molecule has 1 fully saturated rings. The molecule has 0 aliphatic carbocycles. The first kappa shape index (κ1) is 15.0. The van der Waals surface area contributed by atoms with Gasteiger partial charge in [0.05, 0.1) is 4.88 Å². The molecule has 0 aromatic carbocycles. The van der Waals surface area contributed by atoms with Crippen molar-refractivity contribution in [2.75, 3.05) is 13.1 Å². The van der Waals surface area contributed by atoms with Gasteiger partial charge < -0.3 is 10.2 Å². The Balaban J connectivity index is 2.22. The lowest BCUT2D eigenvalue weighted by molar-refractivity contribution is -0.127. The number of nitrogens with zero attached hydrogens (tertiary/aromatic N) is 1. The molecule has 2 heterocycles. The lowest BCUT2D eigenvalue weighted by atomic mass is 10.1. The molecule has 1 aromatic rings. The van der Waals surface area contributed by atoms with Crippen molar-refractivity contribution in [1.29, 1.82) is 0 Å². The fourth-order valence-electron chi connectivity index (χ4n) is 2.51. The molecule has 0 radical (unpaired) electrons. The van der Waals surface area contributed by atoms with Crippen LogP contribution >= 0.6 is 11.3 Å². The molecule has 0 bridgehead atoms. The molecule has 1 atom stereocenters. The van der Waals surface area contributed by atoms with E-state index < -0.39 is 0 Å². The largest absolute Gasteiger partial charge is 0.353 e. The number of hydrogen-bond acceptors (Lipinski definition) is 3. The van der Waals surface area contributed by atoms with Crippen LogP contribution in [-0.2, 0) is 17.6 Å². The zero-order valence-electron chi connectivity index (χ0n) is 12.4. The van der Waals surface area contributed by atoms with Gasteiger partial charge in [-0.2, -0.15) is 0 Å². The van der Waals surface area contributed by atoms with E-state index in [-0.39, 0.29) is 17.9 Å². The van der Waals surface area contributed by atoms with Gasteiger partial charge in [0, 0.05) is 18.0 Å². The number of aryl methyl sites for hydroxylation is 2. The van der Waals surface area contributed by atoms with Crippen molar-refractivity contribution in [3.8, 4) is 0 Å². The first-order valence-electron chi connectivity index (χ1n) is 7.28. The second-order valence-electron chi connectivity index (χ2n) is 5.13. The van der Waals surface area contributed by atoms with Crippen molar-refractivity contribution in [3.05, 3.63) is 21.4 Å². The number of carbonyl (C=O) groups excluding carboxylic acids is 2. The SMILES string of the molecule is CCCc1sc(C(=O)N2CCNC(=O)C2C)cc1CC. The quantitative estimate of drug-likeness (QED) is 0.925. The van der Waals surface area contributed by atoms with Crippen LogP contribution in [-0.4, -0.2) is 35.8 Å². The Labute approximate surface area is 124 Å². The predicted octanol–water partition coefficient (Wildman–Crippen LogP) is 2.22. The zero-order valence-corrected chi connectivity index (χ0v) is 13.2. The van der Waals surface area contributed by atoms with Gasteiger partial charge in [0.1, 0.15) is 6.04 Å². The van der Waals surface area contributed by atoms with Crippen LogP contribution in [0.15, 0.2) is 6.07 Å². The van der Waals surface area contributed by atoms with E-state index in [1.54, 1.807) is 23.2 Å². The molecule has 1 aliphatic rings. The fourth-order valence-corrected chi connectivity index (χ4v) is 3.82. The van der Waals surface area contributed by atoms with Gasteiger partial charge in [-0.15, -0.1) is 11.3 Å². The Morgan fingerprint density at radius 2 is 2.25 bits per heavy atom. The van der Waals surface area contributed by atoms with Crippen LogP contribution in [0.1, 0.15) is 47.3 Å². The number of amides is 2. The molecule has 1 aliphatic heterocycles. The minimum atomic E-state index is -0.377. The first-order chi connectivity index (χ1) is 9.58. The molecule has 5 heteroatoms. The maximum Gasteiger partial charge on any atom is 0.264 e. The van der Waals surface area contributed by atoms with E-state index in [4.69, 9.17) is 0 Å². The van der Waals surface area contributed by atoms with Crippen molar-refractivity contribution in [2.45, 2.75) is 46.1 Å². The van der Waals surface area contributed by atoms with E-state index in [1.807, 2.05) is 6.07 Å². The first-order valence-corrected chi connectivity index (χ1v) is 8.10. The topological polar surface area (TPSA) is 49.4 Å². The van der Waals surface area contributed by atoms with Crippen molar-refractivity contribution < 1.29 is 9.59 Å². The Morgan fingerprint density at radius 1 is 1.50 bits per heavy atom. The number of carbonyl (C=O) groups is 2. The number of thiophene rings is 1. The summed E-state index contributed by atoms with van der Waals surface area (Å²) in [6.45, 7) is 7.19. The van der Waals surface area contributed by atoms with Gasteiger partial charge >= 0.3 is 0 Å². The monoisotopic (exact) mass is 294 g/mol. The van der Waals surface area contributed by atoms with Crippen LogP contribution in [0.4, 0.5) is 0 Å². The normalized spacial score (nSPS) is 19.1. The summed E-state index contributed by atoms with van der Waals surface area (Å²) in [5.41, 5.74) is 1.27. The van der Waals surface area contributed by atoms with Crippen LogP contribution < -0.4 is 5.32 Å². The standard InChI is InChI=1S/C15H22N2O2S/c1-4-6-12-11(5-2)9-13(20-12)15(19)17-8-7-16-14(18)10(17)3/h9-10H,4-8H2,1-3H3,(H,16,18). The molecular formula is C15H22N2O2S. The van der Waals surface area contributed by atoms with E-state index in [9.17, 15) is 9.59 Å². The molecule has 0 spiro atoms. The van der Waals surface area contributed by atoms with Gasteiger partial charge in [-0.25, -0.2) is 0 Å². The highest BCUT2D eigenvalue weighted by molar-refractivity contribution is 7.14. The van der Waals surface area contributed by atoms with Crippen molar-refractivity contribution in [1.82, 2.24) is 10.2 Å². The second kappa shape index (κ2) is 6.39. The van der Waals surface area contributed by atoms with Crippen molar-refractivity contribution >= 4 is 23.2 Å². The Morgan fingerprint density at radius 3 is 2.90 bits per heavy atom. The van der Waals surface area contributed by atoms with E-state index in [1.165, 1.54) is 10.4 Å². The molecule has 2 rings (SSSR count). The van der Waals surface area contributed by atoms with Gasteiger partial charge in [0.15, 0.2) is 0 Å². The highest BCUT2D eigenvalue weighted by Gasteiger charge is 2.30. The van der Waals surface area contributed by atoms with Crippen molar-refractivity contribution in [3.63, 3.8) is 0 Å². The average Bonchev–Trinajstić information content (AvgIpc) is 2.85. The molecule has 1 aromatic heterocycles. The third-order valence-corrected chi connectivity index (χ3v) is 4.95. The summed E-state index contributed by atoms with van der Waals surface area (Å²) in [7, 11) is 0.